The molecule has 2 aromatic rings. The normalized spacial score (nSPS) is 28.7. The Kier molecular flexibility index (Phi) is 6.82. The van der Waals surface area contributed by atoms with Crippen LogP contribution in [0.15, 0.2) is 41.8 Å². The van der Waals surface area contributed by atoms with Crippen molar-refractivity contribution in [2.45, 2.75) is 56.2 Å². The van der Waals surface area contributed by atoms with E-state index in [-0.39, 0.29) is 36.1 Å². The Hall–Kier alpha value is -2.35. The lowest BCUT2D eigenvalue weighted by Crippen LogP contribution is -2.45. The summed E-state index contributed by atoms with van der Waals surface area (Å²) in [7, 11) is -2.22. The van der Waals surface area contributed by atoms with E-state index in [9.17, 15) is 21.6 Å². The number of aromatic nitrogens is 2. The van der Waals surface area contributed by atoms with Crippen LogP contribution in [-0.4, -0.2) is 66.3 Å². The Bertz CT molecular complexity index is 1100. The SMILES string of the molecule is C[C@H]1C[C@H](C)OC([C@H]2CN(S(=O)(=O)c3cn(C)cn3)C[C@@H]2Nc2cccc(OC(F)(F)F)c2)O1. The lowest BCUT2D eigenvalue weighted by Gasteiger charge is -2.37. The maximum Gasteiger partial charge on any atom is 0.573 e. The number of halogens is 3. The molecule has 3 heterocycles. The third kappa shape index (κ3) is 5.65. The van der Waals surface area contributed by atoms with E-state index in [1.165, 1.54) is 35.0 Å². The van der Waals surface area contributed by atoms with Crippen LogP contribution in [0.1, 0.15) is 20.3 Å². The minimum atomic E-state index is -4.82. The molecule has 13 heteroatoms. The van der Waals surface area contributed by atoms with Crippen molar-refractivity contribution in [1.82, 2.24) is 13.9 Å². The first-order valence-corrected chi connectivity index (χ1v) is 12.3. The summed E-state index contributed by atoms with van der Waals surface area (Å²) >= 11 is 0. The zero-order chi connectivity index (χ0) is 24.7. The zero-order valence-corrected chi connectivity index (χ0v) is 19.7. The molecule has 1 aromatic carbocycles. The van der Waals surface area contributed by atoms with E-state index in [4.69, 9.17) is 9.47 Å². The third-order valence-corrected chi connectivity index (χ3v) is 7.50. The molecule has 0 bridgehead atoms. The van der Waals surface area contributed by atoms with E-state index in [0.717, 1.165) is 0 Å². The van der Waals surface area contributed by atoms with Gasteiger partial charge >= 0.3 is 6.36 Å². The van der Waals surface area contributed by atoms with Gasteiger partial charge in [-0.1, -0.05) is 6.07 Å². The molecular weight excluding hydrogens is 477 g/mol. The molecule has 4 rings (SSSR count). The van der Waals surface area contributed by atoms with Crippen molar-refractivity contribution in [3.8, 4) is 5.75 Å². The average Bonchev–Trinajstić information content (AvgIpc) is 3.33. The van der Waals surface area contributed by atoms with Crippen LogP contribution in [0.5, 0.6) is 5.75 Å². The fourth-order valence-corrected chi connectivity index (χ4v) is 5.81. The molecule has 0 spiro atoms. The number of benzene rings is 1. The van der Waals surface area contributed by atoms with Gasteiger partial charge in [-0.25, -0.2) is 13.4 Å². The Balaban J connectivity index is 1.59. The Morgan fingerprint density at radius 2 is 1.88 bits per heavy atom. The number of nitrogens with zero attached hydrogens (tertiary/aromatic N) is 3. The molecule has 0 saturated carbocycles. The van der Waals surface area contributed by atoms with Crippen LogP contribution in [0, 0.1) is 5.92 Å². The van der Waals surface area contributed by atoms with Gasteiger partial charge in [0, 0.05) is 50.0 Å². The van der Waals surface area contributed by atoms with Crippen LogP contribution < -0.4 is 10.1 Å². The first-order chi connectivity index (χ1) is 15.9. The van der Waals surface area contributed by atoms with Crippen LogP contribution in [-0.2, 0) is 26.5 Å². The third-order valence-electron chi connectivity index (χ3n) is 5.78. The van der Waals surface area contributed by atoms with Gasteiger partial charge in [-0.3, -0.25) is 0 Å². The summed E-state index contributed by atoms with van der Waals surface area (Å²) in [5, 5.41) is 3.08. The van der Waals surface area contributed by atoms with E-state index in [1.807, 2.05) is 13.8 Å². The summed E-state index contributed by atoms with van der Waals surface area (Å²) in [4.78, 5) is 3.98. The highest BCUT2D eigenvalue weighted by atomic mass is 32.2. The molecule has 2 saturated heterocycles. The number of sulfonamides is 1. The fraction of sp³-hybridized carbons (Fsp3) is 0.571. The van der Waals surface area contributed by atoms with Crippen molar-refractivity contribution in [3.63, 3.8) is 0 Å². The largest absolute Gasteiger partial charge is 0.573 e. The van der Waals surface area contributed by atoms with Gasteiger partial charge in [0.05, 0.1) is 18.5 Å². The predicted octanol–water partition coefficient (Wildman–Crippen LogP) is 2.96. The van der Waals surface area contributed by atoms with Gasteiger partial charge in [-0.05, 0) is 32.4 Å². The molecule has 0 amide bonds. The fourth-order valence-electron chi connectivity index (χ4n) is 4.34. The van der Waals surface area contributed by atoms with Gasteiger partial charge in [0.2, 0.25) is 0 Å². The minimum absolute atomic E-state index is 0.0555. The maximum absolute atomic E-state index is 13.2. The smallest absolute Gasteiger partial charge is 0.406 e. The maximum atomic E-state index is 13.2. The highest BCUT2D eigenvalue weighted by Crippen LogP contribution is 2.34. The highest BCUT2D eigenvalue weighted by Gasteiger charge is 2.46. The van der Waals surface area contributed by atoms with Crippen LogP contribution >= 0.6 is 0 Å². The molecule has 0 unspecified atom stereocenters. The van der Waals surface area contributed by atoms with Crippen molar-refractivity contribution in [1.29, 1.82) is 0 Å². The molecule has 2 fully saturated rings. The summed E-state index contributed by atoms with van der Waals surface area (Å²) in [6.45, 7) is 3.99. The van der Waals surface area contributed by atoms with Gasteiger partial charge in [-0.2, -0.15) is 4.31 Å². The number of imidazole rings is 1. The Labute approximate surface area is 195 Å². The van der Waals surface area contributed by atoms with Crippen molar-refractivity contribution < 1.29 is 35.8 Å². The molecule has 188 valence electrons. The van der Waals surface area contributed by atoms with Crippen LogP contribution in [0.3, 0.4) is 0 Å². The number of anilines is 1. The number of alkyl halides is 3. The van der Waals surface area contributed by atoms with Gasteiger partial charge in [0.25, 0.3) is 10.0 Å². The van der Waals surface area contributed by atoms with E-state index in [1.54, 1.807) is 17.7 Å². The molecule has 4 atom stereocenters. The van der Waals surface area contributed by atoms with E-state index < -0.39 is 34.6 Å². The molecule has 9 nitrogen and oxygen atoms in total. The van der Waals surface area contributed by atoms with Gasteiger partial charge in [0.1, 0.15) is 5.75 Å². The number of aryl methyl sites for hydroxylation is 1. The second-order valence-corrected chi connectivity index (χ2v) is 10.6. The van der Waals surface area contributed by atoms with Crippen LogP contribution in [0.4, 0.5) is 18.9 Å². The van der Waals surface area contributed by atoms with E-state index in [2.05, 4.69) is 15.0 Å². The molecule has 2 aliphatic heterocycles. The number of rotatable bonds is 6. The van der Waals surface area contributed by atoms with Crippen molar-refractivity contribution in [2.75, 3.05) is 18.4 Å². The molecule has 34 heavy (non-hydrogen) atoms. The molecule has 0 radical (unpaired) electrons. The quantitative estimate of drug-likeness (QED) is 0.646. The average molecular weight is 505 g/mol. The molecule has 0 aliphatic carbocycles. The van der Waals surface area contributed by atoms with Gasteiger partial charge < -0.3 is 24.1 Å². The first-order valence-electron chi connectivity index (χ1n) is 10.8. The van der Waals surface area contributed by atoms with Crippen molar-refractivity contribution in [3.05, 3.63) is 36.8 Å². The second kappa shape index (κ2) is 9.36. The minimum Gasteiger partial charge on any atom is -0.406 e. The monoisotopic (exact) mass is 504 g/mol. The molecule has 1 aromatic heterocycles. The summed E-state index contributed by atoms with van der Waals surface area (Å²) in [5.74, 6) is -0.798. The van der Waals surface area contributed by atoms with Crippen LogP contribution in [0.2, 0.25) is 0 Å². The van der Waals surface area contributed by atoms with Gasteiger partial charge in [-0.15, -0.1) is 13.2 Å². The Morgan fingerprint density at radius 3 is 2.50 bits per heavy atom. The molecule has 2 aliphatic rings. The van der Waals surface area contributed by atoms with E-state index >= 15 is 0 Å². The number of nitrogens with one attached hydrogen (secondary N) is 1. The molecular formula is C21H27F3N4O5S. The summed E-state index contributed by atoms with van der Waals surface area (Å²) in [6, 6.07) is 4.92. The number of hydrogen-bond donors (Lipinski definition) is 1. The molecule has 1 N–H and O–H groups in total. The summed E-state index contributed by atoms with van der Waals surface area (Å²) < 4.78 is 83.2. The number of hydrogen-bond acceptors (Lipinski definition) is 7. The standard InChI is InChI=1S/C21H27F3N4O5S/c1-13-7-14(2)32-20(31-13)17-9-28(34(29,30)19-11-27(3)12-25-19)10-18(17)26-15-5-4-6-16(8-15)33-21(22,23)24/h4-6,8,11-14,17-18,20,26H,7,9-10H2,1-3H3/t13-,14-,17-,18-/m0/s1. The lowest BCUT2D eigenvalue weighted by molar-refractivity contribution is -0.274. The van der Waals surface area contributed by atoms with Crippen molar-refractivity contribution >= 4 is 15.7 Å². The lowest BCUT2D eigenvalue weighted by atomic mass is 10.0. The topological polar surface area (TPSA) is 94.9 Å². The zero-order valence-electron chi connectivity index (χ0n) is 18.9. The number of ether oxygens (including phenoxy) is 3. The summed E-state index contributed by atoms with van der Waals surface area (Å²) in [5.41, 5.74) is 0.353. The predicted molar refractivity (Wildman–Crippen MR) is 115 cm³/mol. The highest BCUT2D eigenvalue weighted by molar-refractivity contribution is 7.89. The van der Waals surface area contributed by atoms with Crippen LogP contribution in [0.25, 0.3) is 0 Å². The summed E-state index contributed by atoms with van der Waals surface area (Å²) in [6.07, 6.45) is -2.15. The first kappa shape index (κ1) is 24.8. The second-order valence-electron chi connectivity index (χ2n) is 8.69. The van der Waals surface area contributed by atoms with Crippen molar-refractivity contribution in [2.24, 2.45) is 13.0 Å². The van der Waals surface area contributed by atoms with Gasteiger partial charge in [0.15, 0.2) is 11.3 Å². The Morgan fingerprint density at radius 1 is 1.18 bits per heavy atom. The van der Waals surface area contributed by atoms with E-state index in [0.29, 0.717) is 12.1 Å².